The Bertz CT molecular complexity index is 513. The summed E-state index contributed by atoms with van der Waals surface area (Å²) in [4.78, 5) is 23.3. The first-order valence-corrected chi connectivity index (χ1v) is 6.37. The van der Waals surface area contributed by atoms with E-state index in [2.05, 4.69) is 33.2 Å². The summed E-state index contributed by atoms with van der Waals surface area (Å²) >= 11 is 0. The molecular formula is C16H20N2O4. The Labute approximate surface area is 130 Å². The molecule has 0 unspecified atom stereocenters. The van der Waals surface area contributed by atoms with Crippen LogP contribution in [0, 0.1) is 36.5 Å². The maximum atomic E-state index is 11.6. The molecule has 0 radical (unpaired) electrons. The van der Waals surface area contributed by atoms with Crippen molar-refractivity contribution >= 4 is 11.9 Å². The smallest absolute Gasteiger partial charge is 0.327 e. The molecule has 0 rings (SSSR count). The first-order chi connectivity index (χ1) is 10.3. The third-order valence-corrected chi connectivity index (χ3v) is 2.95. The molecule has 6 heteroatoms. The number of esters is 2. The van der Waals surface area contributed by atoms with Gasteiger partial charge in [0.25, 0.3) is 0 Å². The van der Waals surface area contributed by atoms with Gasteiger partial charge in [-0.3, -0.25) is 0 Å². The molecule has 0 aliphatic heterocycles. The largest absolute Gasteiger partial charge is 0.468 e. The van der Waals surface area contributed by atoms with E-state index >= 15 is 0 Å². The van der Waals surface area contributed by atoms with E-state index in [1.54, 1.807) is 0 Å². The van der Waals surface area contributed by atoms with Gasteiger partial charge in [-0.05, 0) is 0 Å². The van der Waals surface area contributed by atoms with Crippen LogP contribution < -0.4 is 11.5 Å². The van der Waals surface area contributed by atoms with Crippen molar-refractivity contribution in [1.29, 1.82) is 0 Å². The maximum absolute atomic E-state index is 11.6. The lowest BCUT2D eigenvalue weighted by molar-refractivity contribution is -0.147. The summed E-state index contributed by atoms with van der Waals surface area (Å²) in [5.41, 5.74) is 8.97. The Morgan fingerprint density at radius 3 is 1.41 bits per heavy atom. The number of rotatable bonds is 6. The predicted octanol–water partition coefficient (Wildman–Crippen LogP) is -0.442. The topological polar surface area (TPSA) is 105 Å². The van der Waals surface area contributed by atoms with Gasteiger partial charge in [0.1, 0.15) is 11.1 Å². The van der Waals surface area contributed by atoms with Gasteiger partial charge >= 0.3 is 11.9 Å². The quantitative estimate of drug-likeness (QED) is 0.509. The third-order valence-electron chi connectivity index (χ3n) is 2.95. The van der Waals surface area contributed by atoms with Crippen LogP contribution in [0.3, 0.4) is 0 Å². The molecule has 6 nitrogen and oxygen atoms in total. The van der Waals surface area contributed by atoms with Gasteiger partial charge in [0.15, 0.2) is 0 Å². The SMILES string of the molecule is C#CC[C@@](N)(CC#CC[C@](N)(CC#C)C(=O)OC)C(=O)OC. The Hall–Kier alpha value is -2.46. The molecule has 0 saturated carbocycles. The van der Waals surface area contributed by atoms with Crippen LogP contribution in [0.1, 0.15) is 25.7 Å². The lowest BCUT2D eigenvalue weighted by atomic mass is 9.91. The summed E-state index contributed by atoms with van der Waals surface area (Å²) in [6, 6.07) is 0. The highest BCUT2D eigenvalue weighted by Gasteiger charge is 2.35. The molecule has 0 amide bonds. The number of hydrogen-bond donors (Lipinski definition) is 2. The Morgan fingerprint density at radius 2 is 1.18 bits per heavy atom. The summed E-state index contributed by atoms with van der Waals surface area (Å²) in [6.45, 7) is 0. The lowest BCUT2D eigenvalue weighted by Crippen LogP contribution is -2.49. The van der Waals surface area contributed by atoms with Gasteiger partial charge in [0.2, 0.25) is 0 Å². The number of hydrogen-bond acceptors (Lipinski definition) is 6. The first-order valence-electron chi connectivity index (χ1n) is 6.37. The second kappa shape index (κ2) is 8.74. The molecule has 0 aliphatic carbocycles. The van der Waals surface area contributed by atoms with Gasteiger partial charge in [-0.2, -0.15) is 0 Å². The first kappa shape index (κ1) is 19.5. The second-order valence-electron chi connectivity index (χ2n) is 4.76. The average molecular weight is 304 g/mol. The molecule has 0 bridgehead atoms. The number of carbonyl (C=O) groups is 2. The average Bonchev–Trinajstić information content (AvgIpc) is 2.50. The van der Waals surface area contributed by atoms with Crippen molar-refractivity contribution < 1.29 is 19.1 Å². The lowest BCUT2D eigenvalue weighted by Gasteiger charge is -2.22. The molecule has 0 saturated heterocycles. The Balaban J connectivity index is 5.01. The number of methoxy groups -OCH3 is 2. The molecule has 0 fully saturated rings. The molecule has 0 aromatic heterocycles. The fraction of sp³-hybridized carbons (Fsp3) is 0.500. The number of terminal acetylenes is 2. The van der Waals surface area contributed by atoms with Gasteiger partial charge in [-0.25, -0.2) is 9.59 Å². The molecule has 22 heavy (non-hydrogen) atoms. The van der Waals surface area contributed by atoms with E-state index in [4.69, 9.17) is 24.3 Å². The highest BCUT2D eigenvalue weighted by molar-refractivity contribution is 5.82. The van der Waals surface area contributed by atoms with Crippen LogP contribution in [0.2, 0.25) is 0 Å². The summed E-state index contributed by atoms with van der Waals surface area (Å²) in [6.07, 6.45) is 10.3. The molecule has 0 heterocycles. The fourth-order valence-electron chi connectivity index (χ4n) is 1.62. The van der Waals surface area contributed by atoms with Gasteiger partial charge in [-0.1, -0.05) is 0 Å². The van der Waals surface area contributed by atoms with E-state index in [1.165, 1.54) is 14.2 Å². The molecule has 4 N–H and O–H groups in total. The third kappa shape index (κ3) is 5.14. The van der Waals surface area contributed by atoms with Crippen molar-refractivity contribution in [2.75, 3.05) is 14.2 Å². The predicted molar refractivity (Wildman–Crippen MR) is 81.8 cm³/mol. The zero-order valence-electron chi connectivity index (χ0n) is 12.8. The Morgan fingerprint density at radius 1 is 0.864 bits per heavy atom. The van der Waals surface area contributed by atoms with Crippen LogP contribution in [0.5, 0.6) is 0 Å². The summed E-state index contributed by atoms with van der Waals surface area (Å²) in [5.74, 6) is 8.69. The van der Waals surface area contributed by atoms with Crippen molar-refractivity contribution in [3.8, 4) is 36.5 Å². The van der Waals surface area contributed by atoms with Gasteiger partial charge in [0, 0.05) is 25.7 Å². The van der Waals surface area contributed by atoms with Crippen molar-refractivity contribution in [2.45, 2.75) is 36.8 Å². The van der Waals surface area contributed by atoms with Crippen LogP contribution in [-0.4, -0.2) is 37.2 Å². The summed E-state index contributed by atoms with van der Waals surface area (Å²) < 4.78 is 9.21. The van der Waals surface area contributed by atoms with Crippen LogP contribution in [0.15, 0.2) is 0 Å². The van der Waals surface area contributed by atoms with E-state index in [1.807, 2.05) is 0 Å². The highest BCUT2D eigenvalue weighted by atomic mass is 16.5. The maximum Gasteiger partial charge on any atom is 0.327 e. The van der Waals surface area contributed by atoms with Gasteiger partial charge < -0.3 is 20.9 Å². The van der Waals surface area contributed by atoms with E-state index in [9.17, 15) is 9.59 Å². The van der Waals surface area contributed by atoms with Crippen molar-refractivity contribution in [2.24, 2.45) is 11.5 Å². The number of carbonyl (C=O) groups excluding carboxylic acids is 2. The number of ether oxygens (including phenoxy) is 2. The molecular weight excluding hydrogens is 284 g/mol. The minimum Gasteiger partial charge on any atom is -0.468 e. The number of nitrogens with two attached hydrogens (primary N) is 2. The minimum atomic E-state index is -1.40. The van der Waals surface area contributed by atoms with Crippen LogP contribution >= 0.6 is 0 Å². The monoisotopic (exact) mass is 304 g/mol. The summed E-state index contributed by atoms with van der Waals surface area (Å²) in [7, 11) is 2.42. The molecule has 0 spiro atoms. The van der Waals surface area contributed by atoms with E-state index in [-0.39, 0.29) is 25.7 Å². The molecule has 0 aromatic rings. The highest BCUT2D eigenvalue weighted by Crippen LogP contribution is 2.15. The molecule has 0 aromatic carbocycles. The normalized spacial score (nSPS) is 14.8. The van der Waals surface area contributed by atoms with E-state index < -0.39 is 23.0 Å². The van der Waals surface area contributed by atoms with Gasteiger partial charge in [-0.15, -0.1) is 36.5 Å². The van der Waals surface area contributed by atoms with Gasteiger partial charge in [0.05, 0.1) is 14.2 Å². The van der Waals surface area contributed by atoms with Crippen LogP contribution in [0.4, 0.5) is 0 Å². The zero-order chi connectivity index (χ0) is 17.2. The van der Waals surface area contributed by atoms with Crippen molar-refractivity contribution in [3.05, 3.63) is 0 Å². The second-order valence-corrected chi connectivity index (χ2v) is 4.76. The van der Waals surface area contributed by atoms with E-state index in [0.29, 0.717) is 0 Å². The van der Waals surface area contributed by atoms with Crippen LogP contribution in [0.25, 0.3) is 0 Å². The summed E-state index contributed by atoms with van der Waals surface area (Å²) in [5, 5.41) is 0. The van der Waals surface area contributed by atoms with Crippen molar-refractivity contribution in [1.82, 2.24) is 0 Å². The fourth-order valence-corrected chi connectivity index (χ4v) is 1.62. The molecule has 118 valence electrons. The standard InChI is InChI=1S/C16H20N2O4/c1-5-9-15(17,13(19)21-3)11-7-8-12-16(18,10-6-2)14(20)22-4/h1-2H,9-12,17-18H2,3-4H3/t15-,16-/m1/s1. The molecule has 0 aliphatic rings. The minimum absolute atomic E-state index is 0.0243. The Kier molecular flexibility index (Phi) is 7.77. The molecule has 2 atom stereocenters. The van der Waals surface area contributed by atoms with Crippen LogP contribution in [-0.2, 0) is 19.1 Å². The van der Waals surface area contributed by atoms with E-state index in [0.717, 1.165) is 0 Å². The zero-order valence-corrected chi connectivity index (χ0v) is 12.8. The van der Waals surface area contributed by atoms with Crippen molar-refractivity contribution in [3.63, 3.8) is 0 Å².